The Labute approximate surface area is 360 Å². The van der Waals surface area contributed by atoms with Gasteiger partial charge in [-0.25, -0.2) is 0 Å². The van der Waals surface area contributed by atoms with Crippen molar-refractivity contribution in [2.75, 3.05) is 0 Å². The predicted molar refractivity (Wildman–Crippen MR) is 262 cm³/mol. The van der Waals surface area contributed by atoms with Gasteiger partial charge in [0.2, 0.25) is 0 Å². The Morgan fingerprint density at radius 1 is 0.567 bits per heavy atom. The van der Waals surface area contributed by atoms with E-state index in [1.165, 1.54) is 84.1 Å². The van der Waals surface area contributed by atoms with Gasteiger partial charge in [0.05, 0.1) is 0 Å². The lowest BCUT2D eigenvalue weighted by molar-refractivity contribution is 0.504. The van der Waals surface area contributed by atoms with Crippen molar-refractivity contribution < 1.29 is 4.42 Å². The van der Waals surface area contributed by atoms with Crippen LogP contribution in [-0.2, 0) is 12.8 Å². The van der Waals surface area contributed by atoms with E-state index in [1.807, 2.05) is 6.92 Å². The Bertz CT molecular complexity index is 2600. The summed E-state index contributed by atoms with van der Waals surface area (Å²) < 4.78 is 6.28. The standard InChI is InChI=1S/C52H48O.C5H10.C2H2/c1-4-6-7-8-16-38-30-47(27-26-37(38)14-5-2)45-23-12-21-43(33-45)41-19-10-17-39(31-41)40-18-11-20-42(32-40)44-22-13-24-46(34-44)48-28-29-51-50(35-48)49-25-9-15-36(3)52(49)53-51;1-3-5-4-2;1-2/h7-13,17-36H,4-6,14-16H2,1-3H3;3,5H,4H2,1-2H3;1-2H/b8-7+;5-3-;. The zero-order chi connectivity index (χ0) is 42.3. The second-order valence-electron chi connectivity index (χ2n) is 15.6. The van der Waals surface area contributed by atoms with Gasteiger partial charge in [-0.1, -0.05) is 174 Å². The summed E-state index contributed by atoms with van der Waals surface area (Å²) in [6.07, 6.45) is 29.2. The van der Waals surface area contributed by atoms with Gasteiger partial charge in [-0.15, -0.1) is 12.8 Å². The Kier molecular flexibility index (Phi) is 15.6. The smallest absolute Gasteiger partial charge is 0.134 e. The van der Waals surface area contributed by atoms with Gasteiger partial charge < -0.3 is 4.42 Å². The van der Waals surface area contributed by atoms with Gasteiger partial charge in [-0.05, 0) is 142 Å². The molecule has 302 valence electrons. The van der Waals surface area contributed by atoms with Crippen LogP contribution in [0.15, 0.2) is 168 Å². The van der Waals surface area contributed by atoms with Gasteiger partial charge in [0.25, 0.3) is 0 Å². The van der Waals surface area contributed by atoms with Crippen molar-refractivity contribution >= 4 is 17.0 Å². The summed E-state index contributed by atoms with van der Waals surface area (Å²) in [5.41, 5.74) is 17.4. The summed E-state index contributed by atoms with van der Waals surface area (Å²) >= 11 is 0. The van der Waals surface area contributed by atoms with Crippen molar-refractivity contribution in [2.45, 2.75) is 85.5 Å². The van der Waals surface area contributed by atoms with Crippen LogP contribution in [0.4, 0.5) is 0 Å². The lowest BCUT2D eigenvalue weighted by atomic mass is 9.92. The monoisotopic (exact) mass is 784 g/mol. The third-order valence-electron chi connectivity index (χ3n) is 11.3. The van der Waals surface area contributed by atoms with Crippen molar-refractivity contribution in [3.63, 3.8) is 0 Å². The average Bonchev–Trinajstić information content (AvgIpc) is 3.69. The van der Waals surface area contributed by atoms with Crippen LogP contribution in [0.25, 0.3) is 72.7 Å². The number of aryl methyl sites for hydroxylation is 1. The van der Waals surface area contributed by atoms with Gasteiger partial charge in [-0.2, -0.15) is 0 Å². The highest BCUT2D eigenvalue weighted by atomic mass is 16.3. The molecule has 1 nitrogen and oxygen atoms in total. The molecule has 1 aliphatic rings. The minimum atomic E-state index is 0.414. The van der Waals surface area contributed by atoms with Crippen LogP contribution in [0.3, 0.4) is 0 Å². The van der Waals surface area contributed by atoms with Crippen LogP contribution >= 0.6 is 0 Å². The lowest BCUT2D eigenvalue weighted by Gasteiger charge is -2.12. The predicted octanol–water partition coefficient (Wildman–Crippen LogP) is 17.4. The molecule has 0 radical (unpaired) electrons. The van der Waals surface area contributed by atoms with E-state index in [1.54, 1.807) is 0 Å². The summed E-state index contributed by atoms with van der Waals surface area (Å²) in [4.78, 5) is 0. The van der Waals surface area contributed by atoms with Crippen molar-refractivity contribution in [3.05, 3.63) is 186 Å². The molecule has 7 aromatic rings. The highest BCUT2D eigenvalue weighted by Crippen LogP contribution is 2.39. The topological polar surface area (TPSA) is 13.1 Å². The first kappa shape index (κ1) is 43.2. The molecule has 8 rings (SSSR count). The molecule has 1 aliphatic carbocycles. The third kappa shape index (κ3) is 10.4. The minimum absolute atomic E-state index is 0.414. The molecular formula is C59H60O. The van der Waals surface area contributed by atoms with Gasteiger partial charge in [0.1, 0.15) is 11.3 Å². The van der Waals surface area contributed by atoms with E-state index in [0.29, 0.717) is 5.92 Å². The molecule has 0 aliphatic heterocycles. The molecular weight excluding hydrogens is 725 g/mol. The van der Waals surface area contributed by atoms with Crippen molar-refractivity contribution in [1.82, 2.24) is 0 Å². The van der Waals surface area contributed by atoms with E-state index in [0.717, 1.165) is 49.9 Å². The third-order valence-corrected chi connectivity index (χ3v) is 11.3. The molecule has 0 bridgehead atoms. The van der Waals surface area contributed by atoms with Gasteiger partial charge in [0.15, 0.2) is 0 Å². The molecule has 1 aromatic heterocycles. The number of benzene rings is 6. The number of unbranched alkanes of at least 4 members (excludes halogenated alkanes) is 1. The van der Waals surface area contributed by atoms with Gasteiger partial charge in [-0.3, -0.25) is 0 Å². The maximum absolute atomic E-state index is 6.28. The summed E-state index contributed by atoms with van der Waals surface area (Å²) in [5, 5.41) is 1.20. The Morgan fingerprint density at radius 2 is 1.07 bits per heavy atom. The Morgan fingerprint density at radius 3 is 1.53 bits per heavy atom. The van der Waals surface area contributed by atoms with Crippen molar-refractivity contribution in [2.24, 2.45) is 0 Å². The largest absolute Gasteiger partial charge is 0.460 e. The molecule has 0 amide bonds. The average molecular weight is 785 g/mol. The second kappa shape index (κ2) is 21.6. The fourth-order valence-corrected chi connectivity index (χ4v) is 8.10. The van der Waals surface area contributed by atoms with E-state index in [2.05, 4.69) is 210 Å². The van der Waals surface area contributed by atoms with Crippen LogP contribution in [0.1, 0.15) is 95.1 Å². The Balaban J connectivity index is 0.000000804. The van der Waals surface area contributed by atoms with E-state index in [9.17, 15) is 0 Å². The van der Waals surface area contributed by atoms with Crippen molar-refractivity contribution in [1.29, 1.82) is 0 Å². The Hall–Kier alpha value is -6.36. The summed E-state index contributed by atoms with van der Waals surface area (Å²) in [7, 11) is 0. The van der Waals surface area contributed by atoms with Gasteiger partial charge >= 0.3 is 0 Å². The zero-order valence-corrected chi connectivity index (χ0v) is 36.3. The van der Waals surface area contributed by atoms with Crippen molar-refractivity contribution in [3.8, 4) is 68.5 Å². The molecule has 0 N–H and O–H groups in total. The summed E-state index contributed by atoms with van der Waals surface area (Å²) in [6.45, 7) is 10.9. The minimum Gasteiger partial charge on any atom is -0.460 e. The number of furan rings is 1. The maximum Gasteiger partial charge on any atom is 0.134 e. The number of fused-ring (bicyclic) bond motifs is 3. The molecule has 0 fully saturated rings. The number of hydrogen-bond acceptors (Lipinski definition) is 1. The normalized spacial score (nSPS) is 13.2. The number of hydrogen-bond donors (Lipinski definition) is 0. The number of terminal acetylenes is 1. The molecule has 1 atom stereocenters. The molecule has 1 heteroatoms. The summed E-state index contributed by atoms with van der Waals surface area (Å²) in [6, 6.07) is 49.5. The van der Waals surface area contributed by atoms with Crippen LogP contribution in [0, 0.1) is 12.8 Å². The van der Waals surface area contributed by atoms with Crippen LogP contribution in [0.2, 0.25) is 0 Å². The molecule has 0 spiro atoms. The van der Waals surface area contributed by atoms with E-state index >= 15 is 0 Å². The molecule has 6 aromatic carbocycles. The molecule has 0 saturated heterocycles. The van der Waals surface area contributed by atoms with Crippen LogP contribution < -0.4 is 0 Å². The fourth-order valence-electron chi connectivity index (χ4n) is 8.10. The highest BCUT2D eigenvalue weighted by Gasteiger charge is 2.20. The molecule has 1 unspecified atom stereocenters. The van der Waals surface area contributed by atoms with Crippen LogP contribution in [-0.4, -0.2) is 0 Å². The molecule has 60 heavy (non-hydrogen) atoms. The fraction of sp³-hybridized carbons (Fsp3) is 0.220. The number of allylic oxidation sites excluding steroid dienone is 5. The first-order valence-electron chi connectivity index (χ1n) is 21.9. The second-order valence-corrected chi connectivity index (χ2v) is 15.6. The molecule has 1 heterocycles. The zero-order valence-electron chi connectivity index (χ0n) is 36.3. The quantitative estimate of drug-likeness (QED) is 0.0888. The van der Waals surface area contributed by atoms with E-state index < -0.39 is 0 Å². The SMILES string of the molecule is C#C.C/C=C\CC.CCC/C=C/Cc1cc(-c2cccc(-c3cccc(-c4cccc(-c5cccc(-c6ccc7oc8c(c7c6)C=CCC8C)c5)c4)c3)c2)ccc1CCC. The maximum atomic E-state index is 6.28. The van der Waals surface area contributed by atoms with Gasteiger partial charge in [0, 0.05) is 16.9 Å². The highest BCUT2D eigenvalue weighted by molar-refractivity contribution is 5.93. The molecule has 0 saturated carbocycles. The van der Waals surface area contributed by atoms with E-state index in [-0.39, 0.29) is 0 Å². The first-order chi connectivity index (χ1) is 29.5. The number of rotatable bonds is 12. The van der Waals surface area contributed by atoms with E-state index in [4.69, 9.17) is 4.42 Å². The van der Waals surface area contributed by atoms with Crippen LogP contribution in [0.5, 0.6) is 0 Å². The first-order valence-corrected chi connectivity index (χ1v) is 21.9. The summed E-state index contributed by atoms with van der Waals surface area (Å²) in [5.74, 6) is 1.52. The lowest BCUT2D eigenvalue weighted by Crippen LogP contribution is -1.95.